The molecule has 0 aromatic rings. The number of epoxide rings is 1. The molecular weight excluding hydrogens is 373 g/mol. The zero-order chi connectivity index (χ0) is 13.5. The molecule has 0 aromatic carbocycles. The summed E-state index contributed by atoms with van der Waals surface area (Å²) >= 11 is 39.5. The highest BCUT2D eigenvalue weighted by Crippen LogP contribution is 2.84. The van der Waals surface area contributed by atoms with Crippen LogP contribution in [0.5, 0.6) is 0 Å². The minimum absolute atomic E-state index is 0.0467. The fraction of sp³-hybridized carbons (Fsp3) is 0.833. The lowest BCUT2D eigenvalue weighted by Gasteiger charge is -2.38. The first-order valence-electron chi connectivity index (χ1n) is 6.25. The second-order valence-corrected chi connectivity index (χ2v) is 9.58. The van der Waals surface area contributed by atoms with Crippen molar-refractivity contribution in [3.63, 3.8) is 0 Å². The Morgan fingerprint density at radius 3 is 1.68 bits per heavy atom. The predicted molar refractivity (Wildman–Crippen MR) is 77.6 cm³/mol. The van der Waals surface area contributed by atoms with Gasteiger partial charge >= 0.3 is 0 Å². The van der Waals surface area contributed by atoms with Gasteiger partial charge in [0.25, 0.3) is 0 Å². The Kier molecular flexibility index (Phi) is 2.18. The van der Waals surface area contributed by atoms with E-state index in [0.717, 1.165) is 6.42 Å². The Bertz CT molecular complexity index is 516. The summed E-state index contributed by atoms with van der Waals surface area (Å²) in [7, 11) is 0. The SMILES string of the molecule is ClC1=C(Cl)[C@]2(Cl)[C@@H]3[C@@H]4C[C@@H]([C@H]5O[C@@H]45)[C@@H]3C1(Cl)C2(Cl)Cl. The van der Waals surface area contributed by atoms with Crippen molar-refractivity contribution in [2.75, 3.05) is 0 Å². The van der Waals surface area contributed by atoms with Crippen LogP contribution >= 0.6 is 69.6 Å². The molecule has 5 rings (SSSR count). The zero-order valence-corrected chi connectivity index (χ0v) is 13.9. The molecule has 4 aliphatic carbocycles. The first-order valence-corrected chi connectivity index (χ1v) is 8.52. The van der Waals surface area contributed by atoms with Crippen molar-refractivity contribution in [3.8, 4) is 0 Å². The molecule has 3 saturated carbocycles. The molecule has 5 aliphatic rings. The molecule has 8 atom stereocenters. The normalized spacial score (nSPS) is 66.6. The number of fused-ring (bicyclic) bond motifs is 12. The highest BCUT2D eigenvalue weighted by Gasteiger charge is 2.89. The van der Waals surface area contributed by atoms with Crippen molar-refractivity contribution in [1.82, 2.24) is 0 Å². The molecule has 19 heavy (non-hydrogen) atoms. The maximum Gasteiger partial charge on any atom is 0.166 e. The highest BCUT2D eigenvalue weighted by molar-refractivity contribution is 6.65. The van der Waals surface area contributed by atoms with Crippen LogP contribution in [-0.2, 0) is 4.74 Å². The van der Waals surface area contributed by atoms with Crippen LogP contribution < -0.4 is 0 Å². The van der Waals surface area contributed by atoms with E-state index in [9.17, 15) is 0 Å². The quantitative estimate of drug-likeness (QED) is 0.343. The maximum atomic E-state index is 6.82. The van der Waals surface area contributed by atoms with Gasteiger partial charge in [-0.05, 0) is 30.1 Å². The van der Waals surface area contributed by atoms with Gasteiger partial charge in [0.2, 0.25) is 0 Å². The van der Waals surface area contributed by atoms with E-state index in [1.165, 1.54) is 0 Å². The minimum Gasteiger partial charge on any atom is -0.369 e. The molecule has 1 heterocycles. The number of halogens is 6. The second-order valence-electron chi connectivity index (χ2n) is 6.31. The van der Waals surface area contributed by atoms with Crippen LogP contribution in [0.3, 0.4) is 0 Å². The summed E-state index contributed by atoms with van der Waals surface area (Å²) in [6.07, 6.45) is 1.63. The summed E-state index contributed by atoms with van der Waals surface area (Å²) in [5, 5.41) is 0.642. The van der Waals surface area contributed by atoms with E-state index in [-0.39, 0.29) is 24.0 Å². The molecule has 4 bridgehead atoms. The van der Waals surface area contributed by atoms with Gasteiger partial charge in [-0.1, -0.05) is 46.4 Å². The molecule has 1 unspecified atom stereocenters. The average molecular weight is 381 g/mol. The van der Waals surface area contributed by atoms with Crippen molar-refractivity contribution < 1.29 is 4.74 Å². The molecule has 0 N–H and O–H groups in total. The standard InChI is InChI=1S/C12H8Cl6O/c13-8-9(14)11(16)5-3-1-2(6-7(3)19-6)4(5)10(8,15)12(11,17)18/h2-7H,1H2/t2-,3+,4+,5-,6-,7+,10+,11?/m0/s1. The number of allylic oxidation sites excluding steroid dienone is 2. The molecule has 4 fully saturated rings. The first-order chi connectivity index (χ1) is 8.78. The van der Waals surface area contributed by atoms with E-state index in [1.54, 1.807) is 0 Å². The minimum atomic E-state index is -1.37. The van der Waals surface area contributed by atoms with Gasteiger partial charge in [-0.25, -0.2) is 0 Å². The second kappa shape index (κ2) is 3.20. The van der Waals surface area contributed by atoms with Crippen LogP contribution in [0, 0.1) is 23.7 Å². The summed E-state index contributed by atoms with van der Waals surface area (Å²) in [6, 6.07) is 0. The van der Waals surface area contributed by atoms with Crippen molar-refractivity contribution >= 4 is 69.6 Å². The molecule has 0 amide bonds. The molecule has 0 radical (unpaired) electrons. The van der Waals surface area contributed by atoms with E-state index in [4.69, 9.17) is 74.3 Å². The van der Waals surface area contributed by atoms with E-state index in [1.807, 2.05) is 0 Å². The van der Waals surface area contributed by atoms with Crippen molar-refractivity contribution in [2.24, 2.45) is 23.7 Å². The number of hydrogen-bond acceptors (Lipinski definition) is 1. The predicted octanol–water partition coefficient (Wildman–Crippen LogP) is 4.48. The molecule has 0 aromatic heterocycles. The fourth-order valence-electron chi connectivity index (χ4n) is 5.30. The van der Waals surface area contributed by atoms with Crippen molar-refractivity contribution in [3.05, 3.63) is 10.1 Å². The molecule has 7 heteroatoms. The van der Waals surface area contributed by atoms with E-state index in [2.05, 4.69) is 0 Å². The van der Waals surface area contributed by atoms with Crippen LogP contribution in [0.25, 0.3) is 0 Å². The Morgan fingerprint density at radius 1 is 0.842 bits per heavy atom. The van der Waals surface area contributed by atoms with E-state index < -0.39 is 14.1 Å². The van der Waals surface area contributed by atoms with Gasteiger partial charge in [-0.15, -0.1) is 23.2 Å². The highest BCUT2D eigenvalue weighted by atomic mass is 35.5. The van der Waals surface area contributed by atoms with E-state index in [0.29, 0.717) is 21.9 Å². The lowest BCUT2D eigenvalue weighted by molar-refractivity contribution is 0.237. The Hall–Kier alpha value is 1.44. The molecule has 1 saturated heterocycles. The summed E-state index contributed by atoms with van der Waals surface area (Å²) < 4.78 is 4.35. The van der Waals surface area contributed by atoms with Crippen LogP contribution in [-0.4, -0.2) is 26.3 Å². The number of ether oxygens (including phenoxy) is 1. The smallest absolute Gasteiger partial charge is 0.166 e. The third kappa shape index (κ3) is 0.986. The monoisotopic (exact) mass is 378 g/mol. The average Bonchev–Trinajstić information content (AvgIpc) is 2.91. The van der Waals surface area contributed by atoms with Gasteiger partial charge in [0, 0.05) is 0 Å². The van der Waals surface area contributed by atoms with Gasteiger partial charge < -0.3 is 4.74 Å². The van der Waals surface area contributed by atoms with Gasteiger partial charge in [0.05, 0.1) is 22.3 Å². The van der Waals surface area contributed by atoms with Gasteiger partial charge in [-0.2, -0.15) is 0 Å². The summed E-state index contributed by atoms with van der Waals surface area (Å²) in [4.78, 5) is -2.17. The van der Waals surface area contributed by atoms with Gasteiger partial charge in [0.15, 0.2) is 4.33 Å². The molecule has 1 aliphatic heterocycles. The van der Waals surface area contributed by atoms with Crippen LogP contribution in [0.4, 0.5) is 0 Å². The maximum absolute atomic E-state index is 6.82. The molecule has 104 valence electrons. The Morgan fingerprint density at radius 2 is 1.26 bits per heavy atom. The molecule has 0 spiro atoms. The number of rotatable bonds is 0. The Labute approximate surface area is 140 Å². The summed E-state index contributed by atoms with van der Waals surface area (Å²) in [6.45, 7) is 0. The first kappa shape index (κ1) is 12.9. The van der Waals surface area contributed by atoms with Crippen molar-refractivity contribution in [2.45, 2.75) is 32.7 Å². The lowest BCUT2D eigenvalue weighted by atomic mass is 9.73. The topological polar surface area (TPSA) is 12.5 Å². The largest absolute Gasteiger partial charge is 0.369 e. The lowest BCUT2D eigenvalue weighted by Crippen LogP contribution is -2.46. The number of alkyl halides is 4. The Balaban J connectivity index is 1.80. The van der Waals surface area contributed by atoms with Gasteiger partial charge in [-0.3, -0.25) is 0 Å². The third-order valence-corrected chi connectivity index (χ3v) is 10.2. The third-order valence-electron chi connectivity index (χ3n) is 5.92. The van der Waals surface area contributed by atoms with Crippen LogP contribution in [0.1, 0.15) is 6.42 Å². The molecular formula is C12H8Cl6O. The zero-order valence-electron chi connectivity index (χ0n) is 9.35. The van der Waals surface area contributed by atoms with Crippen LogP contribution in [0.2, 0.25) is 0 Å². The van der Waals surface area contributed by atoms with Gasteiger partial charge in [0.1, 0.15) is 9.75 Å². The molecule has 1 nitrogen and oxygen atoms in total. The van der Waals surface area contributed by atoms with Crippen LogP contribution in [0.15, 0.2) is 10.1 Å². The summed E-state index contributed by atoms with van der Waals surface area (Å²) in [5.74, 6) is 0.776. The summed E-state index contributed by atoms with van der Waals surface area (Å²) in [5.41, 5.74) is 0. The van der Waals surface area contributed by atoms with E-state index >= 15 is 0 Å². The fourth-order valence-corrected chi connectivity index (χ4v) is 8.43. The number of hydrogen-bond donors (Lipinski definition) is 0. The van der Waals surface area contributed by atoms with Crippen molar-refractivity contribution in [1.29, 1.82) is 0 Å².